The molecule has 0 heterocycles. The molecule has 29 heavy (non-hydrogen) atoms. The van der Waals surface area contributed by atoms with Crippen LogP contribution in [0.15, 0.2) is 61.2 Å². The number of fused-ring (bicyclic) bond motifs is 3. The molecule has 0 aliphatic heterocycles. The smallest absolute Gasteiger partial charge is 0.421 e. The van der Waals surface area contributed by atoms with Crippen LogP contribution in [0.2, 0.25) is 0 Å². The van der Waals surface area contributed by atoms with Crippen LogP contribution in [0, 0.1) is 0 Å². The fraction of sp³-hybridized carbons (Fsp3) is 0.304. The standard InChI is InChI=1S/C23H26N2O4/c1-3-4-9-14-23(2,21(26)27)25-24-22(28)29-15-20-18-12-7-5-10-16(18)17-11-6-8-13-19(17)20/h3,5-8,10-13,20,25H,1,4,9,14-15H2,2H3,(H,24,28)(H,26,27)/t23-/m1/s1. The number of ether oxygens (including phenoxy) is 1. The van der Waals surface area contributed by atoms with E-state index in [-0.39, 0.29) is 12.5 Å². The van der Waals surface area contributed by atoms with Gasteiger partial charge in [0.05, 0.1) is 0 Å². The molecule has 0 fully saturated rings. The molecule has 1 aliphatic rings. The number of allylic oxidation sites excluding steroid dienone is 1. The molecule has 0 bridgehead atoms. The highest BCUT2D eigenvalue weighted by molar-refractivity contribution is 5.80. The van der Waals surface area contributed by atoms with Gasteiger partial charge in [-0.1, -0.05) is 54.6 Å². The quantitative estimate of drug-likeness (QED) is 0.337. The van der Waals surface area contributed by atoms with Crippen LogP contribution in [0.4, 0.5) is 4.79 Å². The molecular weight excluding hydrogens is 368 g/mol. The zero-order chi connectivity index (χ0) is 20.9. The van der Waals surface area contributed by atoms with E-state index in [4.69, 9.17) is 4.74 Å². The van der Waals surface area contributed by atoms with Crippen molar-refractivity contribution >= 4 is 12.1 Å². The molecule has 2 aromatic rings. The Bertz CT molecular complexity index is 866. The number of rotatable bonds is 9. The average molecular weight is 394 g/mol. The van der Waals surface area contributed by atoms with Gasteiger partial charge in [-0.25, -0.2) is 10.2 Å². The molecule has 0 saturated carbocycles. The molecule has 0 unspecified atom stereocenters. The Morgan fingerprint density at radius 1 is 1.14 bits per heavy atom. The summed E-state index contributed by atoms with van der Waals surface area (Å²) in [6.07, 6.45) is 2.73. The highest BCUT2D eigenvalue weighted by atomic mass is 16.6. The number of carbonyl (C=O) groups excluding carboxylic acids is 1. The number of amides is 1. The fourth-order valence-electron chi connectivity index (χ4n) is 3.65. The Hall–Kier alpha value is -3.12. The van der Waals surface area contributed by atoms with Crippen molar-refractivity contribution in [3.63, 3.8) is 0 Å². The van der Waals surface area contributed by atoms with Crippen molar-refractivity contribution in [1.82, 2.24) is 10.9 Å². The maximum Gasteiger partial charge on any atom is 0.421 e. The molecule has 0 spiro atoms. The molecule has 3 N–H and O–H groups in total. The van der Waals surface area contributed by atoms with Gasteiger partial charge in [-0.2, -0.15) is 0 Å². The predicted octanol–water partition coefficient (Wildman–Crippen LogP) is 4.23. The molecule has 6 nitrogen and oxygen atoms in total. The van der Waals surface area contributed by atoms with Crippen molar-refractivity contribution in [3.05, 3.63) is 72.3 Å². The van der Waals surface area contributed by atoms with E-state index in [9.17, 15) is 14.7 Å². The fourth-order valence-corrected chi connectivity index (χ4v) is 3.65. The van der Waals surface area contributed by atoms with Gasteiger partial charge in [0.25, 0.3) is 0 Å². The third kappa shape index (κ3) is 4.49. The molecular formula is C23H26N2O4. The molecule has 0 aromatic heterocycles. The lowest BCUT2D eigenvalue weighted by atomic mass is 9.96. The van der Waals surface area contributed by atoms with E-state index in [0.29, 0.717) is 19.3 Å². The Kier molecular flexibility index (Phi) is 6.34. The first-order chi connectivity index (χ1) is 14.0. The summed E-state index contributed by atoms with van der Waals surface area (Å²) in [6, 6.07) is 16.2. The Morgan fingerprint density at radius 3 is 2.28 bits per heavy atom. The molecule has 3 rings (SSSR count). The minimum atomic E-state index is -1.28. The number of carboxylic acid groups (broad SMARTS) is 1. The first kappa shape index (κ1) is 20.6. The van der Waals surface area contributed by atoms with Crippen LogP contribution < -0.4 is 10.9 Å². The number of aliphatic carboxylic acids is 1. The number of nitrogens with one attached hydrogen (secondary N) is 2. The van der Waals surface area contributed by atoms with Gasteiger partial charge in [0.1, 0.15) is 12.1 Å². The van der Waals surface area contributed by atoms with Gasteiger partial charge in [-0.05, 0) is 48.4 Å². The Balaban J connectivity index is 1.61. The summed E-state index contributed by atoms with van der Waals surface area (Å²) in [6.45, 7) is 5.33. The summed E-state index contributed by atoms with van der Waals surface area (Å²) >= 11 is 0. The van der Waals surface area contributed by atoms with Crippen LogP contribution in [0.1, 0.15) is 43.2 Å². The number of hydrogen-bond donors (Lipinski definition) is 3. The normalized spacial score (nSPS) is 14.4. The van der Waals surface area contributed by atoms with Gasteiger partial charge >= 0.3 is 12.1 Å². The second-order valence-corrected chi connectivity index (χ2v) is 7.39. The number of carboxylic acids is 1. The number of benzene rings is 2. The first-order valence-corrected chi connectivity index (χ1v) is 9.69. The molecule has 2 aromatic carbocycles. The maximum atomic E-state index is 12.2. The minimum absolute atomic E-state index is 0.0494. The second kappa shape index (κ2) is 8.92. The third-order valence-corrected chi connectivity index (χ3v) is 5.34. The zero-order valence-electron chi connectivity index (χ0n) is 16.5. The van der Waals surface area contributed by atoms with Crippen LogP contribution in [0.3, 0.4) is 0 Å². The third-order valence-electron chi connectivity index (χ3n) is 5.34. The van der Waals surface area contributed by atoms with Gasteiger partial charge in [0.15, 0.2) is 0 Å². The van der Waals surface area contributed by atoms with Crippen molar-refractivity contribution in [2.45, 2.75) is 37.6 Å². The van der Waals surface area contributed by atoms with Crippen molar-refractivity contribution in [2.24, 2.45) is 0 Å². The molecule has 1 aliphatic carbocycles. The van der Waals surface area contributed by atoms with E-state index in [2.05, 4.69) is 29.6 Å². The first-order valence-electron chi connectivity index (χ1n) is 9.69. The number of hydrogen-bond acceptors (Lipinski definition) is 4. The Labute approximate surface area is 170 Å². The highest BCUT2D eigenvalue weighted by Gasteiger charge is 2.33. The summed E-state index contributed by atoms with van der Waals surface area (Å²) in [7, 11) is 0. The lowest BCUT2D eigenvalue weighted by Crippen LogP contribution is -2.57. The van der Waals surface area contributed by atoms with E-state index in [1.54, 1.807) is 6.08 Å². The monoisotopic (exact) mass is 394 g/mol. The van der Waals surface area contributed by atoms with Crippen molar-refractivity contribution in [2.75, 3.05) is 6.61 Å². The summed E-state index contributed by atoms with van der Waals surface area (Å²) in [5, 5.41) is 9.49. The number of hydrazine groups is 1. The van der Waals surface area contributed by atoms with E-state index >= 15 is 0 Å². The lowest BCUT2D eigenvalue weighted by molar-refractivity contribution is -0.144. The van der Waals surface area contributed by atoms with Crippen molar-refractivity contribution in [1.29, 1.82) is 0 Å². The zero-order valence-corrected chi connectivity index (χ0v) is 16.5. The van der Waals surface area contributed by atoms with E-state index in [1.807, 2.05) is 36.4 Å². The van der Waals surface area contributed by atoms with E-state index in [1.165, 1.54) is 6.92 Å². The van der Waals surface area contributed by atoms with Gasteiger partial charge in [0, 0.05) is 5.92 Å². The van der Waals surface area contributed by atoms with E-state index < -0.39 is 17.6 Å². The van der Waals surface area contributed by atoms with Gasteiger partial charge in [0.2, 0.25) is 0 Å². The molecule has 0 saturated heterocycles. The van der Waals surface area contributed by atoms with Crippen LogP contribution in [0.25, 0.3) is 11.1 Å². The molecule has 152 valence electrons. The van der Waals surface area contributed by atoms with Gasteiger partial charge in [-0.3, -0.25) is 10.2 Å². The van der Waals surface area contributed by atoms with Crippen molar-refractivity contribution < 1.29 is 19.4 Å². The molecule has 1 atom stereocenters. The lowest BCUT2D eigenvalue weighted by Gasteiger charge is -2.26. The van der Waals surface area contributed by atoms with Crippen LogP contribution in [-0.2, 0) is 9.53 Å². The number of unbranched alkanes of at least 4 members (excludes halogenated alkanes) is 1. The minimum Gasteiger partial charge on any atom is -0.480 e. The highest BCUT2D eigenvalue weighted by Crippen LogP contribution is 2.44. The van der Waals surface area contributed by atoms with Crippen molar-refractivity contribution in [3.8, 4) is 11.1 Å². The average Bonchev–Trinajstić information content (AvgIpc) is 3.05. The van der Waals surface area contributed by atoms with Gasteiger partial charge in [-0.15, -0.1) is 6.58 Å². The predicted molar refractivity (Wildman–Crippen MR) is 111 cm³/mol. The summed E-state index contributed by atoms with van der Waals surface area (Å²) < 4.78 is 5.42. The van der Waals surface area contributed by atoms with E-state index in [0.717, 1.165) is 22.3 Å². The summed E-state index contributed by atoms with van der Waals surface area (Å²) in [5.74, 6) is -1.09. The second-order valence-electron chi connectivity index (χ2n) is 7.39. The summed E-state index contributed by atoms with van der Waals surface area (Å²) in [4.78, 5) is 23.8. The van der Waals surface area contributed by atoms with Crippen LogP contribution >= 0.6 is 0 Å². The maximum absolute atomic E-state index is 12.2. The Morgan fingerprint density at radius 2 is 1.72 bits per heavy atom. The SMILES string of the molecule is C=CCCC[C@@](C)(NNC(=O)OCC1c2ccccc2-c2ccccc21)C(=O)O. The molecule has 0 radical (unpaired) electrons. The van der Waals surface area contributed by atoms with Crippen LogP contribution in [-0.4, -0.2) is 29.3 Å². The number of carbonyl (C=O) groups is 2. The summed E-state index contributed by atoms with van der Waals surface area (Å²) in [5.41, 5.74) is 8.25. The molecule has 6 heteroatoms. The largest absolute Gasteiger partial charge is 0.480 e. The van der Waals surface area contributed by atoms with Gasteiger partial charge < -0.3 is 9.84 Å². The topological polar surface area (TPSA) is 87.7 Å². The molecule has 1 amide bonds. The van der Waals surface area contributed by atoms with Crippen LogP contribution in [0.5, 0.6) is 0 Å².